The van der Waals surface area contributed by atoms with Gasteiger partial charge >= 0.3 is 58.2 Å². The summed E-state index contributed by atoms with van der Waals surface area (Å²) >= 11 is 0. The molecule has 1 N–H and O–H groups in total. The Morgan fingerprint density at radius 2 is 1.56 bits per heavy atom. The van der Waals surface area contributed by atoms with Crippen molar-refractivity contribution in [3.8, 4) is 0 Å². The second kappa shape index (κ2) is 8.71. The Hall–Kier alpha value is -1.44. The van der Waals surface area contributed by atoms with Gasteiger partial charge in [0.25, 0.3) is 0 Å². The van der Waals surface area contributed by atoms with E-state index in [9.17, 15) is 8.42 Å². The predicted octanol–water partition coefficient (Wildman–Crippen LogP) is 1.01. The first-order valence-corrected chi connectivity index (χ1v) is 9.41. The van der Waals surface area contributed by atoms with Crippen molar-refractivity contribution in [2.45, 2.75) is 9.79 Å². The molecule has 0 radical (unpaired) electrons. The fourth-order valence-electron chi connectivity index (χ4n) is 2.63. The maximum Gasteiger partial charge on any atom is 1.00 e. The molecular weight excluding hydrogens is 432 g/mol. The molecule has 27 heavy (non-hydrogen) atoms. The average molecular weight is 446 g/mol. The van der Waals surface area contributed by atoms with Crippen molar-refractivity contribution in [1.29, 1.82) is 0 Å². The van der Waals surface area contributed by atoms with Gasteiger partial charge in [0.15, 0.2) is 0 Å². The summed E-state index contributed by atoms with van der Waals surface area (Å²) in [6.45, 7) is 0. The van der Waals surface area contributed by atoms with Crippen molar-refractivity contribution in [2.24, 2.45) is 0 Å². The maximum atomic E-state index is 12.6. The van der Waals surface area contributed by atoms with Crippen LogP contribution in [0.3, 0.4) is 0 Å². The van der Waals surface area contributed by atoms with Gasteiger partial charge in [-0.25, -0.2) is 13.4 Å². The molecule has 0 saturated carbocycles. The number of fused-ring (bicyclic) bond motifs is 1. The van der Waals surface area contributed by atoms with Crippen molar-refractivity contribution < 1.29 is 66.6 Å². The third-order valence-corrected chi connectivity index (χ3v) is 5.75. The summed E-state index contributed by atoms with van der Waals surface area (Å²) in [5.41, 5.74) is 1.55. The van der Waals surface area contributed by atoms with Crippen LogP contribution in [-0.4, -0.2) is 18.4 Å². The first-order valence-electron chi connectivity index (χ1n) is 7.93. The Labute approximate surface area is 206 Å². The summed E-state index contributed by atoms with van der Waals surface area (Å²) in [7, 11) is -3.52. The normalized spacial score (nSPS) is 11.0. The topological polar surface area (TPSA) is 72.0 Å². The third kappa shape index (κ3) is 4.36. The van der Waals surface area contributed by atoms with Crippen molar-refractivity contribution in [1.82, 2.24) is 9.97 Å². The van der Waals surface area contributed by atoms with Gasteiger partial charge in [-0.1, -0.05) is 23.6 Å². The first-order chi connectivity index (χ1) is 12.6. The van der Waals surface area contributed by atoms with Gasteiger partial charge in [0.05, 0.1) is 15.6 Å². The van der Waals surface area contributed by atoms with Gasteiger partial charge in [-0.05, 0) is 41.9 Å². The molecule has 0 aliphatic carbocycles. The van der Waals surface area contributed by atoms with Crippen LogP contribution in [0.4, 0.5) is 11.5 Å². The van der Waals surface area contributed by atoms with Crippen LogP contribution in [0.5, 0.6) is 0 Å². The second-order valence-electron chi connectivity index (χ2n) is 5.63. The van der Waals surface area contributed by atoms with Crippen molar-refractivity contribution in [2.75, 3.05) is 5.32 Å². The molecule has 0 aliphatic rings. The number of nitrogens with one attached hydrogen (secondary N) is 1. The van der Waals surface area contributed by atoms with E-state index in [0.29, 0.717) is 5.82 Å². The SMILES string of the molecule is O=S(=O)(c1ccccc1)c1ccc(Nc2ncnc3cc[c-]cc23)cc1.[Rb+]. The van der Waals surface area contributed by atoms with E-state index in [2.05, 4.69) is 21.4 Å². The van der Waals surface area contributed by atoms with Crippen LogP contribution < -0.4 is 63.5 Å². The smallest absolute Gasteiger partial charge is 0.350 e. The molecule has 3 aromatic carbocycles. The summed E-state index contributed by atoms with van der Waals surface area (Å²) in [4.78, 5) is 8.99. The van der Waals surface area contributed by atoms with Crippen LogP contribution in [0.25, 0.3) is 10.9 Å². The zero-order chi connectivity index (χ0) is 18.0. The Morgan fingerprint density at radius 1 is 0.852 bits per heavy atom. The van der Waals surface area contributed by atoms with Crippen LogP contribution in [-0.2, 0) is 9.84 Å². The standard InChI is InChI=1S/C20H14N3O2S.Rb/c24-26(25,16-6-2-1-3-7-16)17-12-10-15(11-13-17)23-20-18-8-4-5-9-19(18)21-14-22-20;/h1-3,5-14H,(H,21,22,23);/q-1;+1. The molecule has 7 heteroatoms. The van der Waals surface area contributed by atoms with E-state index < -0.39 is 9.84 Å². The quantitative estimate of drug-likeness (QED) is 0.475. The Bertz CT molecular complexity index is 1160. The van der Waals surface area contributed by atoms with Gasteiger partial charge in [0.2, 0.25) is 9.84 Å². The fraction of sp³-hybridized carbons (Fsp3) is 0. The molecule has 0 amide bonds. The molecule has 4 rings (SSSR count). The molecule has 0 atom stereocenters. The largest absolute Gasteiger partial charge is 1.00 e. The predicted molar refractivity (Wildman–Crippen MR) is 100.0 cm³/mol. The van der Waals surface area contributed by atoms with E-state index in [1.807, 2.05) is 12.1 Å². The number of hydrogen-bond donors (Lipinski definition) is 1. The molecule has 0 saturated heterocycles. The number of aromatic nitrogens is 2. The number of anilines is 2. The molecule has 0 spiro atoms. The molecule has 5 nitrogen and oxygen atoms in total. The van der Waals surface area contributed by atoms with E-state index in [4.69, 9.17) is 0 Å². The minimum Gasteiger partial charge on any atom is -0.350 e. The van der Waals surface area contributed by atoms with Gasteiger partial charge in [-0.3, -0.25) is 4.98 Å². The average Bonchev–Trinajstić information content (AvgIpc) is 2.69. The van der Waals surface area contributed by atoms with E-state index in [1.165, 1.54) is 6.33 Å². The number of sulfone groups is 1. The van der Waals surface area contributed by atoms with Crippen molar-refractivity contribution in [3.05, 3.63) is 85.2 Å². The summed E-state index contributed by atoms with van der Waals surface area (Å²) < 4.78 is 25.3. The van der Waals surface area contributed by atoms with Crippen LogP contribution in [0.15, 0.2) is 88.9 Å². The molecule has 0 fully saturated rings. The number of nitrogens with zero attached hydrogens (tertiary/aromatic N) is 2. The minimum absolute atomic E-state index is 0. The number of benzene rings is 3. The molecule has 1 aromatic heterocycles. The Kier molecular flexibility index (Phi) is 6.54. The van der Waals surface area contributed by atoms with E-state index in [0.717, 1.165) is 16.6 Å². The van der Waals surface area contributed by atoms with Gasteiger partial charge in [-0.2, -0.15) is 18.2 Å². The van der Waals surface area contributed by atoms with Crippen LogP contribution in [0, 0.1) is 6.07 Å². The van der Waals surface area contributed by atoms with Gasteiger partial charge < -0.3 is 5.32 Å². The van der Waals surface area contributed by atoms with Crippen LogP contribution in [0.1, 0.15) is 0 Å². The van der Waals surface area contributed by atoms with E-state index in [1.54, 1.807) is 60.7 Å². The molecule has 0 aliphatic heterocycles. The maximum absolute atomic E-state index is 12.6. The second-order valence-corrected chi connectivity index (χ2v) is 7.58. The van der Waals surface area contributed by atoms with Gasteiger partial charge in [0.1, 0.15) is 6.33 Å². The zero-order valence-corrected chi connectivity index (χ0v) is 20.4. The summed E-state index contributed by atoms with van der Waals surface area (Å²) in [5.74, 6) is 0.644. The van der Waals surface area contributed by atoms with Crippen LogP contribution >= 0.6 is 0 Å². The monoisotopic (exact) mass is 445 g/mol. The fourth-order valence-corrected chi connectivity index (χ4v) is 3.91. The van der Waals surface area contributed by atoms with Crippen LogP contribution in [0.2, 0.25) is 0 Å². The molecular formula is C20H14N3O2RbS. The third-order valence-electron chi connectivity index (χ3n) is 3.96. The number of hydrogen-bond acceptors (Lipinski definition) is 5. The summed E-state index contributed by atoms with van der Waals surface area (Å²) in [6, 6.07) is 23.5. The molecule has 0 bridgehead atoms. The minimum atomic E-state index is -3.52. The number of rotatable bonds is 4. The zero-order valence-electron chi connectivity index (χ0n) is 14.6. The molecule has 128 valence electrons. The van der Waals surface area contributed by atoms with Crippen molar-refractivity contribution >= 4 is 32.2 Å². The molecule has 0 unspecified atom stereocenters. The van der Waals surface area contributed by atoms with Crippen molar-refractivity contribution in [3.63, 3.8) is 0 Å². The molecule has 1 heterocycles. The Morgan fingerprint density at radius 3 is 2.30 bits per heavy atom. The van der Waals surface area contributed by atoms with Gasteiger partial charge in [-0.15, -0.1) is 6.07 Å². The summed E-state index contributed by atoms with van der Waals surface area (Å²) in [5, 5.41) is 4.04. The molecule has 4 aromatic rings. The van der Waals surface area contributed by atoms with Gasteiger partial charge in [0, 0.05) is 5.69 Å². The Balaban J connectivity index is 0.00000210. The van der Waals surface area contributed by atoms with E-state index >= 15 is 0 Å². The summed E-state index contributed by atoms with van der Waals surface area (Å²) in [6.07, 6.45) is 1.49. The van der Waals surface area contributed by atoms with E-state index in [-0.39, 0.29) is 68.0 Å². The first kappa shape index (κ1) is 20.3.